The molecule has 3 aromatic rings. The number of carbonyl (C=O) groups is 1. The molecule has 162 valence electrons. The third-order valence-corrected chi connectivity index (χ3v) is 6.90. The molecule has 0 saturated carbocycles. The van der Waals surface area contributed by atoms with Gasteiger partial charge in [-0.15, -0.1) is 0 Å². The van der Waals surface area contributed by atoms with Crippen molar-refractivity contribution in [3.05, 3.63) is 113 Å². The molecule has 3 heteroatoms. The predicted molar refractivity (Wildman–Crippen MR) is 131 cm³/mol. The summed E-state index contributed by atoms with van der Waals surface area (Å²) in [6, 6.07) is 25.3. The maximum Gasteiger partial charge on any atom is 0.253 e. The van der Waals surface area contributed by atoms with Crippen molar-refractivity contribution in [1.82, 2.24) is 5.32 Å². The molecule has 3 nitrogen and oxygen atoms in total. The average molecular weight is 423 g/mol. The van der Waals surface area contributed by atoms with Crippen molar-refractivity contribution in [2.45, 2.75) is 44.7 Å². The van der Waals surface area contributed by atoms with Crippen LogP contribution in [0, 0.1) is 5.92 Å². The summed E-state index contributed by atoms with van der Waals surface area (Å²) in [5, 5.41) is 6.88. The van der Waals surface area contributed by atoms with Gasteiger partial charge in [0.2, 0.25) is 0 Å². The minimum absolute atomic E-state index is 0.0347. The SMILES string of the molecule is CC(C)c1ccc(C2Nc3c(C(=O)NCc4ccccc4)cccc3C3C=CCC32)cc1. The van der Waals surface area contributed by atoms with Gasteiger partial charge in [-0.05, 0) is 46.6 Å². The number of hydrogen-bond acceptors (Lipinski definition) is 2. The highest BCUT2D eigenvalue weighted by Crippen LogP contribution is 2.50. The Hall–Kier alpha value is -3.33. The molecule has 2 aliphatic rings. The summed E-state index contributed by atoms with van der Waals surface area (Å²) in [5.41, 5.74) is 6.67. The van der Waals surface area contributed by atoms with Crippen LogP contribution in [0.4, 0.5) is 5.69 Å². The predicted octanol–water partition coefficient (Wildman–Crippen LogP) is 6.57. The van der Waals surface area contributed by atoms with E-state index in [-0.39, 0.29) is 11.9 Å². The van der Waals surface area contributed by atoms with Crippen LogP contribution in [0.5, 0.6) is 0 Å². The van der Waals surface area contributed by atoms with Crippen LogP contribution in [-0.2, 0) is 6.54 Å². The summed E-state index contributed by atoms with van der Waals surface area (Å²) in [6.45, 7) is 4.97. The lowest BCUT2D eigenvalue weighted by Crippen LogP contribution is -2.32. The molecule has 0 radical (unpaired) electrons. The third-order valence-electron chi connectivity index (χ3n) is 6.90. The van der Waals surface area contributed by atoms with Crippen LogP contribution in [0.2, 0.25) is 0 Å². The number of amides is 1. The van der Waals surface area contributed by atoms with E-state index < -0.39 is 0 Å². The number of anilines is 1. The molecule has 0 saturated heterocycles. The number of rotatable bonds is 5. The fourth-order valence-electron chi connectivity index (χ4n) is 5.10. The fraction of sp³-hybridized carbons (Fsp3) is 0.276. The van der Waals surface area contributed by atoms with Crippen molar-refractivity contribution in [3.63, 3.8) is 0 Å². The van der Waals surface area contributed by atoms with Crippen molar-refractivity contribution in [1.29, 1.82) is 0 Å². The van der Waals surface area contributed by atoms with E-state index in [0.29, 0.717) is 24.3 Å². The number of hydrogen-bond donors (Lipinski definition) is 2. The van der Waals surface area contributed by atoms with Gasteiger partial charge in [0.15, 0.2) is 0 Å². The van der Waals surface area contributed by atoms with Gasteiger partial charge in [0, 0.05) is 12.5 Å². The van der Waals surface area contributed by atoms with Crippen molar-refractivity contribution in [3.8, 4) is 0 Å². The van der Waals surface area contributed by atoms with Gasteiger partial charge in [0.25, 0.3) is 5.91 Å². The third kappa shape index (κ3) is 3.84. The van der Waals surface area contributed by atoms with Crippen LogP contribution in [0.15, 0.2) is 84.9 Å². The molecule has 32 heavy (non-hydrogen) atoms. The standard InChI is InChI=1S/C29H30N2O/c1-19(2)21-14-16-22(17-15-21)27-24-11-6-10-23(24)25-12-7-13-26(28(25)31-27)29(32)30-18-20-8-4-3-5-9-20/h3-10,12-17,19,23-24,27,31H,11,18H2,1-2H3,(H,30,32). The molecule has 2 N–H and O–H groups in total. The monoisotopic (exact) mass is 422 g/mol. The lowest BCUT2D eigenvalue weighted by molar-refractivity contribution is 0.0951. The Morgan fingerprint density at radius 3 is 2.53 bits per heavy atom. The van der Waals surface area contributed by atoms with Crippen molar-refractivity contribution in [2.24, 2.45) is 5.92 Å². The zero-order valence-electron chi connectivity index (χ0n) is 18.7. The second-order valence-corrected chi connectivity index (χ2v) is 9.23. The molecule has 0 aromatic heterocycles. The van der Waals surface area contributed by atoms with Crippen molar-refractivity contribution in [2.75, 3.05) is 5.32 Å². The molecule has 0 bridgehead atoms. The van der Waals surface area contributed by atoms with E-state index in [1.165, 1.54) is 16.7 Å². The van der Waals surface area contributed by atoms with E-state index in [1.54, 1.807) is 0 Å². The topological polar surface area (TPSA) is 41.1 Å². The summed E-state index contributed by atoms with van der Waals surface area (Å²) in [6.07, 6.45) is 5.67. The van der Waals surface area contributed by atoms with Gasteiger partial charge in [-0.3, -0.25) is 4.79 Å². The Morgan fingerprint density at radius 1 is 1.00 bits per heavy atom. The lowest BCUT2D eigenvalue weighted by Gasteiger charge is -2.38. The Labute approximate surface area is 190 Å². The average Bonchev–Trinajstić information content (AvgIpc) is 3.33. The minimum Gasteiger partial charge on any atom is -0.377 e. The van der Waals surface area contributed by atoms with E-state index in [1.807, 2.05) is 42.5 Å². The molecular weight excluding hydrogens is 392 g/mol. The van der Waals surface area contributed by atoms with Crippen molar-refractivity contribution >= 4 is 11.6 Å². The van der Waals surface area contributed by atoms with Gasteiger partial charge in [0.1, 0.15) is 0 Å². The molecule has 5 rings (SSSR count). The van der Waals surface area contributed by atoms with Gasteiger partial charge in [-0.1, -0.05) is 92.7 Å². The van der Waals surface area contributed by atoms with Gasteiger partial charge in [-0.2, -0.15) is 0 Å². The normalized spacial score (nSPS) is 21.0. The van der Waals surface area contributed by atoms with Gasteiger partial charge < -0.3 is 10.6 Å². The van der Waals surface area contributed by atoms with E-state index in [4.69, 9.17) is 0 Å². The Balaban J connectivity index is 1.45. The van der Waals surface area contributed by atoms with Crippen LogP contribution in [0.1, 0.15) is 70.8 Å². The molecule has 0 spiro atoms. The van der Waals surface area contributed by atoms with Crippen LogP contribution < -0.4 is 10.6 Å². The lowest BCUT2D eigenvalue weighted by atomic mass is 9.76. The van der Waals surface area contributed by atoms with E-state index in [0.717, 1.165) is 23.2 Å². The van der Waals surface area contributed by atoms with Gasteiger partial charge in [0.05, 0.1) is 17.3 Å². The number of carbonyl (C=O) groups excluding carboxylic acids is 1. The quantitative estimate of drug-likeness (QED) is 0.457. The molecule has 1 aliphatic heterocycles. The van der Waals surface area contributed by atoms with E-state index in [2.05, 4.69) is 67.0 Å². The highest BCUT2D eigenvalue weighted by molar-refractivity contribution is 6.00. The number of para-hydroxylation sites is 1. The fourth-order valence-corrected chi connectivity index (χ4v) is 5.10. The molecule has 0 fully saturated rings. The maximum absolute atomic E-state index is 13.2. The number of fused-ring (bicyclic) bond motifs is 3. The number of nitrogens with one attached hydrogen (secondary N) is 2. The maximum atomic E-state index is 13.2. The summed E-state index contributed by atoms with van der Waals surface area (Å²) in [7, 11) is 0. The summed E-state index contributed by atoms with van der Waals surface area (Å²) in [4.78, 5) is 13.2. The summed E-state index contributed by atoms with van der Waals surface area (Å²) >= 11 is 0. The molecule has 3 atom stereocenters. The molecule has 3 unspecified atom stereocenters. The Bertz CT molecular complexity index is 1130. The second-order valence-electron chi connectivity index (χ2n) is 9.23. The Morgan fingerprint density at radius 2 is 1.78 bits per heavy atom. The minimum atomic E-state index is -0.0347. The molecule has 1 heterocycles. The van der Waals surface area contributed by atoms with Gasteiger partial charge >= 0.3 is 0 Å². The molecular formula is C29H30N2O. The zero-order chi connectivity index (χ0) is 22.1. The molecule has 3 aromatic carbocycles. The number of allylic oxidation sites excluding steroid dienone is 2. The summed E-state index contributed by atoms with van der Waals surface area (Å²) in [5.74, 6) is 1.29. The first-order valence-corrected chi connectivity index (χ1v) is 11.6. The number of benzene rings is 3. The van der Waals surface area contributed by atoms with Crippen LogP contribution in [0.3, 0.4) is 0 Å². The molecule has 1 amide bonds. The van der Waals surface area contributed by atoms with Gasteiger partial charge in [-0.25, -0.2) is 0 Å². The van der Waals surface area contributed by atoms with E-state index >= 15 is 0 Å². The van der Waals surface area contributed by atoms with Crippen molar-refractivity contribution < 1.29 is 4.79 Å². The first kappa shape index (κ1) is 20.6. The smallest absolute Gasteiger partial charge is 0.253 e. The highest BCUT2D eigenvalue weighted by atomic mass is 16.1. The zero-order valence-corrected chi connectivity index (χ0v) is 18.7. The Kier molecular flexibility index (Phi) is 5.57. The molecule has 1 aliphatic carbocycles. The second kappa shape index (κ2) is 8.66. The first-order valence-electron chi connectivity index (χ1n) is 11.6. The first-order chi connectivity index (χ1) is 15.6. The van der Waals surface area contributed by atoms with E-state index in [9.17, 15) is 4.79 Å². The largest absolute Gasteiger partial charge is 0.377 e. The highest BCUT2D eigenvalue weighted by Gasteiger charge is 2.39. The van der Waals surface area contributed by atoms with Crippen LogP contribution in [0.25, 0.3) is 0 Å². The van der Waals surface area contributed by atoms with Crippen LogP contribution in [-0.4, -0.2) is 5.91 Å². The van der Waals surface area contributed by atoms with Crippen LogP contribution >= 0.6 is 0 Å². The summed E-state index contributed by atoms with van der Waals surface area (Å²) < 4.78 is 0.